The zero-order valence-corrected chi connectivity index (χ0v) is 12.4. The highest BCUT2D eigenvalue weighted by Gasteiger charge is 2.15. The number of thiophene rings is 2. The first-order chi connectivity index (χ1) is 9.13. The van der Waals surface area contributed by atoms with Gasteiger partial charge in [-0.15, -0.1) is 22.7 Å². The Labute approximate surface area is 119 Å². The molecule has 3 nitrogen and oxygen atoms in total. The van der Waals surface area contributed by atoms with Crippen LogP contribution in [0.25, 0.3) is 0 Å². The Balaban J connectivity index is 2.13. The van der Waals surface area contributed by atoms with Crippen molar-refractivity contribution in [1.29, 1.82) is 0 Å². The van der Waals surface area contributed by atoms with Crippen LogP contribution in [-0.4, -0.2) is 18.9 Å². The lowest BCUT2D eigenvalue weighted by Crippen LogP contribution is -2.02. The van der Waals surface area contributed by atoms with Crippen molar-refractivity contribution in [2.24, 2.45) is 0 Å². The molecule has 0 unspecified atom stereocenters. The van der Waals surface area contributed by atoms with Gasteiger partial charge in [0, 0.05) is 9.75 Å². The summed E-state index contributed by atoms with van der Waals surface area (Å²) in [6.45, 7) is 2.07. The first-order valence-corrected chi connectivity index (χ1v) is 7.56. The molecule has 0 bridgehead atoms. The van der Waals surface area contributed by atoms with Crippen molar-refractivity contribution in [3.8, 4) is 0 Å². The number of esters is 1. The van der Waals surface area contributed by atoms with Crippen molar-refractivity contribution in [3.05, 3.63) is 43.8 Å². The van der Waals surface area contributed by atoms with Crippen LogP contribution in [0, 0.1) is 0 Å². The maximum Gasteiger partial charge on any atom is 0.310 e. The van der Waals surface area contributed by atoms with Gasteiger partial charge in [0.1, 0.15) is 0 Å². The predicted molar refractivity (Wildman–Crippen MR) is 77.2 cm³/mol. The van der Waals surface area contributed by atoms with Gasteiger partial charge in [-0.05, 0) is 30.7 Å². The Morgan fingerprint density at radius 3 is 2.16 bits per heavy atom. The molecule has 0 saturated heterocycles. The van der Waals surface area contributed by atoms with E-state index in [-0.39, 0.29) is 18.2 Å². The van der Waals surface area contributed by atoms with Crippen LogP contribution in [0.15, 0.2) is 24.3 Å². The fraction of sp³-hybridized carbons (Fsp3) is 0.286. The molecule has 0 aromatic carbocycles. The molecule has 0 fully saturated rings. The smallest absolute Gasteiger partial charge is 0.310 e. The van der Waals surface area contributed by atoms with Gasteiger partial charge in [-0.2, -0.15) is 0 Å². The van der Waals surface area contributed by atoms with E-state index in [1.165, 1.54) is 34.7 Å². The van der Waals surface area contributed by atoms with E-state index in [1.807, 2.05) is 18.2 Å². The van der Waals surface area contributed by atoms with E-state index >= 15 is 0 Å². The quantitative estimate of drug-likeness (QED) is 0.627. The Bertz CT molecular complexity index is 595. The second-order valence-electron chi connectivity index (χ2n) is 3.97. The lowest BCUT2D eigenvalue weighted by Gasteiger charge is -1.95. The minimum Gasteiger partial charge on any atom is -0.469 e. The summed E-state index contributed by atoms with van der Waals surface area (Å²) in [4.78, 5) is 26.9. The summed E-state index contributed by atoms with van der Waals surface area (Å²) in [5.74, 6) is -0.254. The lowest BCUT2D eigenvalue weighted by molar-refractivity contribution is -0.139. The van der Waals surface area contributed by atoms with Gasteiger partial charge in [0.05, 0.1) is 23.3 Å². The van der Waals surface area contributed by atoms with Crippen LogP contribution in [0.2, 0.25) is 0 Å². The predicted octanol–water partition coefficient (Wildman–Crippen LogP) is 3.32. The third-order valence-electron chi connectivity index (χ3n) is 2.67. The molecule has 2 heterocycles. The van der Waals surface area contributed by atoms with Crippen LogP contribution >= 0.6 is 22.7 Å². The summed E-state index contributed by atoms with van der Waals surface area (Å²) in [7, 11) is 1.36. The van der Waals surface area contributed by atoms with E-state index in [0.717, 1.165) is 16.2 Å². The number of aryl methyl sites for hydroxylation is 1. The van der Waals surface area contributed by atoms with Crippen LogP contribution in [0.3, 0.4) is 0 Å². The average molecular weight is 294 g/mol. The largest absolute Gasteiger partial charge is 0.469 e. The highest BCUT2D eigenvalue weighted by molar-refractivity contribution is 7.17. The molecular weight excluding hydrogens is 280 g/mol. The lowest BCUT2D eigenvalue weighted by atomic mass is 10.2. The molecule has 19 heavy (non-hydrogen) atoms. The van der Waals surface area contributed by atoms with Crippen LogP contribution in [0.5, 0.6) is 0 Å². The molecule has 0 saturated carbocycles. The fourth-order valence-electron chi connectivity index (χ4n) is 1.62. The van der Waals surface area contributed by atoms with Crippen molar-refractivity contribution in [1.82, 2.24) is 0 Å². The summed E-state index contributed by atoms with van der Waals surface area (Å²) in [5, 5.41) is 0. The molecule has 0 aliphatic rings. The van der Waals surface area contributed by atoms with Crippen molar-refractivity contribution in [2.75, 3.05) is 7.11 Å². The Morgan fingerprint density at radius 2 is 1.63 bits per heavy atom. The third kappa shape index (κ3) is 3.30. The zero-order chi connectivity index (χ0) is 13.8. The maximum atomic E-state index is 12.2. The van der Waals surface area contributed by atoms with E-state index < -0.39 is 0 Å². The van der Waals surface area contributed by atoms with E-state index in [1.54, 1.807) is 6.07 Å². The van der Waals surface area contributed by atoms with E-state index in [9.17, 15) is 9.59 Å². The fourth-order valence-corrected chi connectivity index (χ4v) is 3.53. The molecule has 2 rings (SSSR count). The van der Waals surface area contributed by atoms with Gasteiger partial charge < -0.3 is 4.74 Å². The number of carbonyl (C=O) groups is 2. The summed E-state index contributed by atoms with van der Waals surface area (Å²) >= 11 is 2.88. The summed E-state index contributed by atoms with van der Waals surface area (Å²) in [6, 6.07) is 7.44. The molecule has 0 amide bonds. The Morgan fingerprint density at radius 1 is 1.05 bits per heavy atom. The van der Waals surface area contributed by atoms with Crippen molar-refractivity contribution in [2.45, 2.75) is 19.8 Å². The summed E-state index contributed by atoms with van der Waals surface area (Å²) in [6.07, 6.45) is 1.16. The Kier molecular flexibility index (Phi) is 4.50. The van der Waals surface area contributed by atoms with Gasteiger partial charge in [0.15, 0.2) is 0 Å². The van der Waals surface area contributed by atoms with Gasteiger partial charge in [-0.3, -0.25) is 9.59 Å². The molecule has 0 aliphatic heterocycles. The van der Waals surface area contributed by atoms with Gasteiger partial charge in [-0.25, -0.2) is 0 Å². The van der Waals surface area contributed by atoms with Crippen molar-refractivity contribution < 1.29 is 14.3 Å². The highest BCUT2D eigenvalue weighted by atomic mass is 32.1. The minimum absolute atomic E-state index is 0.0332. The van der Waals surface area contributed by atoms with E-state index in [4.69, 9.17) is 0 Å². The molecular formula is C14H14O3S2. The number of ether oxygens (including phenoxy) is 1. The van der Waals surface area contributed by atoms with Crippen LogP contribution in [-0.2, 0) is 22.4 Å². The van der Waals surface area contributed by atoms with Gasteiger partial charge >= 0.3 is 5.97 Å². The minimum atomic E-state index is -0.287. The molecule has 0 spiro atoms. The monoisotopic (exact) mass is 294 g/mol. The third-order valence-corrected chi connectivity index (χ3v) is 4.98. The number of ketones is 1. The molecule has 100 valence electrons. The zero-order valence-electron chi connectivity index (χ0n) is 10.8. The second-order valence-corrected chi connectivity index (χ2v) is 6.30. The van der Waals surface area contributed by atoms with E-state index in [2.05, 4.69) is 11.7 Å². The van der Waals surface area contributed by atoms with Gasteiger partial charge in [0.25, 0.3) is 0 Å². The summed E-state index contributed by atoms with van der Waals surface area (Å²) in [5.41, 5.74) is 0. The second kappa shape index (κ2) is 6.12. The van der Waals surface area contributed by atoms with Gasteiger partial charge in [0.2, 0.25) is 5.78 Å². The molecule has 0 N–H and O–H groups in total. The first kappa shape index (κ1) is 14.0. The number of hydrogen-bond acceptors (Lipinski definition) is 5. The van der Waals surface area contributed by atoms with Crippen LogP contribution in [0.1, 0.15) is 31.2 Å². The van der Waals surface area contributed by atoms with Crippen molar-refractivity contribution >= 4 is 34.4 Å². The normalized spacial score (nSPS) is 10.4. The number of methoxy groups -OCH3 is 1. The molecule has 0 radical (unpaired) electrons. The van der Waals surface area contributed by atoms with Crippen LogP contribution in [0.4, 0.5) is 0 Å². The van der Waals surface area contributed by atoms with Crippen molar-refractivity contribution in [3.63, 3.8) is 0 Å². The standard InChI is InChI=1S/C14H14O3S2/c1-3-9-4-6-11(18-9)14(16)12-7-5-10(19-12)8-13(15)17-2/h4-7H,3,8H2,1-2H3. The van der Waals surface area contributed by atoms with E-state index in [0.29, 0.717) is 4.88 Å². The number of carbonyl (C=O) groups excluding carboxylic acids is 2. The molecule has 2 aromatic rings. The number of hydrogen-bond donors (Lipinski definition) is 0. The van der Waals surface area contributed by atoms with Gasteiger partial charge in [-0.1, -0.05) is 6.92 Å². The maximum absolute atomic E-state index is 12.2. The molecule has 5 heteroatoms. The SMILES string of the molecule is CCc1ccc(C(=O)c2ccc(CC(=O)OC)s2)s1. The number of rotatable bonds is 5. The average Bonchev–Trinajstić information content (AvgIpc) is 3.06. The topological polar surface area (TPSA) is 43.4 Å². The summed E-state index contributed by atoms with van der Waals surface area (Å²) < 4.78 is 4.61. The highest BCUT2D eigenvalue weighted by Crippen LogP contribution is 2.25. The Hall–Kier alpha value is -1.46. The molecule has 0 aliphatic carbocycles. The first-order valence-electron chi connectivity index (χ1n) is 5.93. The van der Waals surface area contributed by atoms with Crippen LogP contribution < -0.4 is 0 Å². The molecule has 0 atom stereocenters. The molecule has 2 aromatic heterocycles.